The molecule has 2 N–H and O–H groups in total. The molecule has 2 aromatic heterocycles. The van der Waals surface area contributed by atoms with Gasteiger partial charge in [-0.1, -0.05) is 6.08 Å². The second-order valence-corrected chi connectivity index (χ2v) is 7.80. The molecule has 0 aromatic carbocycles. The molecule has 2 aliphatic heterocycles. The number of hydrogen-bond acceptors (Lipinski definition) is 6. The minimum atomic E-state index is 0.0209. The number of allylic oxidation sites excluding steroid dienone is 4. The van der Waals surface area contributed by atoms with Crippen molar-refractivity contribution in [1.29, 1.82) is 5.41 Å². The number of ether oxygens (including phenoxy) is 1. The van der Waals surface area contributed by atoms with Crippen LogP contribution in [0.1, 0.15) is 43.4 Å². The Labute approximate surface area is 164 Å². The molecule has 2 saturated heterocycles. The van der Waals surface area contributed by atoms with Crippen LogP contribution in [0.2, 0.25) is 0 Å². The largest absolute Gasteiger partial charge is 0.373 e. The van der Waals surface area contributed by atoms with E-state index >= 15 is 0 Å². The molecule has 28 heavy (non-hydrogen) atoms. The molecule has 1 atom stereocenters. The summed E-state index contributed by atoms with van der Waals surface area (Å²) in [7, 11) is 0. The molecular weight excluding hydrogens is 352 g/mol. The number of aromatic nitrogens is 4. The molecule has 7 nitrogen and oxygen atoms in total. The molecule has 144 valence electrons. The van der Waals surface area contributed by atoms with Crippen molar-refractivity contribution < 1.29 is 4.74 Å². The van der Waals surface area contributed by atoms with Crippen molar-refractivity contribution in [2.75, 3.05) is 24.6 Å². The summed E-state index contributed by atoms with van der Waals surface area (Å²) in [6, 6.07) is 1.96. The van der Waals surface area contributed by atoms with Crippen molar-refractivity contribution in [2.24, 2.45) is 0 Å². The van der Waals surface area contributed by atoms with Gasteiger partial charge in [0.25, 0.3) is 0 Å². The average Bonchev–Trinajstić information content (AvgIpc) is 3.27. The third-order valence-corrected chi connectivity index (χ3v) is 6.00. The fourth-order valence-corrected chi connectivity index (χ4v) is 4.34. The van der Waals surface area contributed by atoms with Crippen molar-refractivity contribution in [3.8, 4) is 0 Å². The number of rotatable bonds is 4. The van der Waals surface area contributed by atoms with Crippen LogP contribution in [0.3, 0.4) is 0 Å². The predicted molar refractivity (Wildman–Crippen MR) is 107 cm³/mol. The second-order valence-electron chi connectivity index (χ2n) is 7.80. The number of piperidine rings is 1. The van der Waals surface area contributed by atoms with Gasteiger partial charge in [-0.25, -0.2) is 9.97 Å². The highest BCUT2D eigenvalue weighted by Gasteiger charge is 2.42. The van der Waals surface area contributed by atoms with Gasteiger partial charge in [0.2, 0.25) is 0 Å². The van der Waals surface area contributed by atoms with Gasteiger partial charge < -0.3 is 9.64 Å². The SMILES string of the molecule is N=C(C1=CC(c2cn[nH]c2)=CCC1)c1cc(N2CCCC3(CCO3)C2)ncn1. The zero-order chi connectivity index (χ0) is 19.0. The van der Waals surface area contributed by atoms with Crippen molar-refractivity contribution in [3.05, 3.63) is 53.8 Å². The zero-order valence-electron chi connectivity index (χ0n) is 15.8. The first-order chi connectivity index (χ1) is 13.7. The van der Waals surface area contributed by atoms with Crippen LogP contribution in [0.25, 0.3) is 5.57 Å². The molecule has 0 saturated carbocycles. The van der Waals surface area contributed by atoms with Crippen LogP contribution in [0.4, 0.5) is 5.82 Å². The Kier molecular flexibility index (Phi) is 4.31. The Morgan fingerprint density at radius 2 is 2.21 bits per heavy atom. The average molecular weight is 376 g/mol. The second kappa shape index (κ2) is 6.98. The van der Waals surface area contributed by atoms with Gasteiger partial charge in [0.05, 0.1) is 29.8 Å². The molecule has 0 amide bonds. The van der Waals surface area contributed by atoms with Crippen molar-refractivity contribution in [3.63, 3.8) is 0 Å². The predicted octanol–water partition coefficient (Wildman–Crippen LogP) is 3.13. The van der Waals surface area contributed by atoms with E-state index in [1.807, 2.05) is 18.5 Å². The molecule has 0 radical (unpaired) electrons. The Hall–Kier alpha value is -2.80. The van der Waals surface area contributed by atoms with E-state index in [9.17, 15) is 0 Å². The van der Waals surface area contributed by atoms with Crippen LogP contribution in [-0.2, 0) is 4.74 Å². The van der Waals surface area contributed by atoms with E-state index in [0.29, 0.717) is 11.4 Å². The highest BCUT2D eigenvalue weighted by atomic mass is 16.5. The third kappa shape index (κ3) is 3.16. The Morgan fingerprint density at radius 1 is 1.29 bits per heavy atom. The van der Waals surface area contributed by atoms with E-state index in [2.05, 4.69) is 37.2 Å². The molecule has 1 spiro atoms. The molecule has 5 rings (SSSR count). The van der Waals surface area contributed by atoms with Gasteiger partial charge in [0.1, 0.15) is 12.1 Å². The minimum Gasteiger partial charge on any atom is -0.373 e. The number of H-pyrrole nitrogens is 1. The summed E-state index contributed by atoms with van der Waals surface area (Å²) in [6.45, 7) is 2.73. The van der Waals surface area contributed by atoms with E-state index in [-0.39, 0.29) is 5.60 Å². The van der Waals surface area contributed by atoms with Crippen LogP contribution in [0, 0.1) is 5.41 Å². The summed E-state index contributed by atoms with van der Waals surface area (Å²) in [5.41, 5.74) is 4.33. The summed E-state index contributed by atoms with van der Waals surface area (Å²) in [5, 5.41) is 15.6. The van der Waals surface area contributed by atoms with Crippen molar-refractivity contribution >= 4 is 17.1 Å². The highest BCUT2D eigenvalue weighted by molar-refractivity contribution is 6.11. The normalized spacial score (nSPS) is 24.5. The van der Waals surface area contributed by atoms with Crippen LogP contribution in [0.5, 0.6) is 0 Å². The number of anilines is 1. The number of hydrogen-bond donors (Lipinski definition) is 2. The Balaban J connectivity index is 1.37. The van der Waals surface area contributed by atoms with Gasteiger partial charge in [-0.2, -0.15) is 5.10 Å². The topological polar surface area (TPSA) is 90.8 Å². The van der Waals surface area contributed by atoms with Crippen LogP contribution < -0.4 is 4.90 Å². The van der Waals surface area contributed by atoms with Gasteiger partial charge >= 0.3 is 0 Å². The lowest BCUT2D eigenvalue weighted by atomic mass is 9.86. The van der Waals surface area contributed by atoms with Gasteiger partial charge in [-0.3, -0.25) is 10.5 Å². The lowest BCUT2D eigenvalue weighted by Gasteiger charge is -2.48. The zero-order valence-corrected chi connectivity index (χ0v) is 15.8. The molecular formula is C21H24N6O. The molecule has 1 aliphatic carbocycles. The van der Waals surface area contributed by atoms with Crippen molar-refractivity contribution in [2.45, 2.75) is 37.7 Å². The van der Waals surface area contributed by atoms with Crippen LogP contribution in [-0.4, -0.2) is 51.2 Å². The van der Waals surface area contributed by atoms with E-state index < -0.39 is 0 Å². The first-order valence-corrected chi connectivity index (χ1v) is 9.93. The molecule has 7 heteroatoms. The van der Waals surface area contributed by atoms with E-state index in [0.717, 1.165) is 74.3 Å². The van der Waals surface area contributed by atoms with Gasteiger partial charge in [-0.05, 0) is 42.9 Å². The lowest BCUT2D eigenvalue weighted by molar-refractivity contribution is -0.151. The molecule has 2 aromatic rings. The van der Waals surface area contributed by atoms with Gasteiger partial charge in [0, 0.05) is 37.3 Å². The van der Waals surface area contributed by atoms with Gasteiger partial charge in [0.15, 0.2) is 0 Å². The van der Waals surface area contributed by atoms with Crippen LogP contribution in [0.15, 0.2) is 42.5 Å². The quantitative estimate of drug-likeness (QED) is 0.800. The first kappa shape index (κ1) is 17.3. The summed E-state index contributed by atoms with van der Waals surface area (Å²) in [5.74, 6) is 0.895. The first-order valence-electron chi connectivity index (χ1n) is 9.93. The molecule has 0 bridgehead atoms. The number of aromatic amines is 1. The highest BCUT2D eigenvalue weighted by Crippen LogP contribution is 2.36. The number of nitrogens with one attached hydrogen (secondary N) is 2. The molecule has 4 heterocycles. The molecule has 3 aliphatic rings. The molecule has 1 unspecified atom stereocenters. The van der Waals surface area contributed by atoms with Crippen molar-refractivity contribution in [1.82, 2.24) is 20.2 Å². The minimum absolute atomic E-state index is 0.0209. The lowest BCUT2D eigenvalue weighted by Crippen LogP contribution is -2.56. The Morgan fingerprint density at radius 3 is 3.00 bits per heavy atom. The molecule has 2 fully saturated rings. The smallest absolute Gasteiger partial charge is 0.132 e. The fourth-order valence-electron chi connectivity index (χ4n) is 4.34. The maximum Gasteiger partial charge on any atom is 0.132 e. The maximum atomic E-state index is 8.72. The Bertz CT molecular complexity index is 942. The van der Waals surface area contributed by atoms with E-state index in [1.165, 1.54) is 0 Å². The summed E-state index contributed by atoms with van der Waals surface area (Å²) in [4.78, 5) is 11.2. The summed E-state index contributed by atoms with van der Waals surface area (Å²) in [6.07, 6.45) is 14.7. The third-order valence-electron chi connectivity index (χ3n) is 6.00. The van der Waals surface area contributed by atoms with E-state index in [4.69, 9.17) is 10.1 Å². The van der Waals surface area contributed by atoms with E-state index in [1.54, 1.807) is 6.33 Å². The fraction of sp³-hybridized carbons (Fsp3) is 0.429. The van der Waals surface area contributed by atoms with Gasteiger partial charge in [-0.15, -0.1) is 0 Å². The summed E-state index contributed by atoms with van der Waals surface area (Å²) >= 11 is 0. The maximum absolute atomic E-state index is 8.72. The van der Waals surface area contributed by atoms with Crippen LogP contribution >= 0.6 is 0 Å². The monoisotopic (exact) mass is 376 g/mol. The standard InChI is InChI=1S/C21H24N6O/c22-20(16-4-1-3-15(9-16)17-11-25-26-12-17)18-10-19(24-14-23-18)27-7-2-5-21(13-27)6-8-28-21/h3,9-12,14,22H,1-2,4-8,13H2,(H,25,26). The number of nitrogens with zero attached hydrogens (tertiary/aromatic N) is 4. The summed E-state index contributed by atoms with van der Waals surface area (Å²) < 4.78 is 5.88.